The number of halogens is 1. The van der Waals surface area contributed by atoms with Gasteiger partial charge in [-0.1, -0.05) is 55.8 Å². The number of nitrogens with one attached hydrogen (secondary N) is 1. The van der Waals surface area contributed by atoms with Crippen LogP contribution in [0, 0.1) is 16.7 Å². The zero-order valence-electron chi connectivity index (χ0n) is 12.0. The van der Waals surface area contributed by atoms with Crippen molar-refractivity contribution in [1.29, 1.82) is 0 Å². The molecule has 2 rings (SSSR count). The molecule has 1 aliphatic carbocycles. The van der Waals surface area contributed by atoms with Gasteiger partial charge in [-0.15, -0.1) is 0 Å². The molecule has 1 aromatic carbocycles. The molecule has 1 nitrogen and oxygen atoms in total. The lowest BCUT2D eigenvalue weighted by Crippen LogP contribution is -2.23. The molecule has 0 heterocycles. The SMILES string of the molecule is CC(NCC1C(C)(C)C1(C)C)c1ccc(Br)cc1. The van der Waals surface area contributed by atoms with Crippen molar-refractivity contribution in [3.63, 3.8) is 0 Å². The van der Waals surface area contributed by atoms with Gasteiger partial charge in [0.05, 0.1) is 0 Å². The van der Waals surface area contributed by atoms with Crippen LogP contribution in [0.1, 0.15) is 46.2 Å². The Morgan fingerprint density at radius 3 is 2.06 bits per heavy atom. The number of rotatable bonds is 4. The quantitative estimate of drug-likeness (QED) is 0.844. The van der Waals surface area contributed by atoms with Crippen LogP contribution in [0.3, 0.4) is 0 Å². The van der Waals surface area contributed by atoms with Gasteiger partial charge in [0.25, 0.3) is 0 Å². The normalized spacial score (nSPS) is 22.8. The number of benzene rings is 1. The van der Waals surface area contributed by atoms with Gasteiger partial charge in [-0.3, -0.25) is 0 Å². The average molecular weight is 310 g/mol. The van der Waals surface area contributed by atoms with E-state index in [2.05, 4.69) is 80.1 Å². The molecule has 1 fully saturated rings. The molecule has 1 unspecified atom stereocenters. The molecule has 1 aliphatic rings. The van der Waals surface area contributed by atoms with Crippen LogP contribution in [0.4, 0.5) is 0 Å². The summed E-state index contributed by atoms with van der Waals surface area (Å²) >= 11 is 3.48. The Hall–Kier alpha value is -0.340. The van der Waals surface area contributed by atoms with Gasteiger partial charge in [-0.2, -0.15) is 0 Å². The second-order valence-corrected chi connectivity index (χ2v) is 7.59. The Balaban J connectivity index is 1.90. The van der Waals surface area contributed by atoms with Crippen LogP contribution in [-0.4, -0.2) is 6.54 Å². The lowest BCUT2D eigenvalue weighted by Gasteiger charge is -2.15. The van der Waals surface area contributed by atoms with Crippen molar-refractivity contribution >= 4 is 15.9 Å². The van der Waals surface area contributed by atoms with Gasteiger partial charge in [-0.05, 0) is 47.9 Å². The Morgan fingerprint density at radius 2 is 1.61 bits per heavy atom. The fourth-order valence-electron chi connectivity index (χ4n) is 3.01. The van der Waals surface area contributed by atoms with E-state index in [4.69, 9.17) is 0 Å². The van der Waals surface area contributed by atoms with E-state index in [-0.39, 0.29) is 0 Å². The molecule has 1 atom stereocenters. The van der Waals surface area contributed by atoms with Crippen LogP contribution >= 0.6 is 15.9 Å². The summed E-state index contributed by atoms with van der Waals surface area (Å²) in [6.45, 7) is 12.9. The van der Waals surface area contributed by atoms with E-state index in [1.165, 1.54) is 5.56 Å². The van der Waals surface area contributed by atoms with Crippen molar-refractivity contribution in [3.8, 4) is 0 Å². The van der Waals surface area contributed by atoms with Crippen LogP contribution in [0.15, 0.2) is 28.7 Å². The van der Waals surface area contributed by atoms with Crippen LogP contribution in [-0.2, 0) is 0 Å². The molecule has 1 saturated carbocycles. The molecular formula is C16H24BrN. The lowest BCUT2D eigenvalue weighted by molar-refractivity contribution is 0.457. The van der Waals surface area contributed by atoms with Gasteiger partial charge >= 0.3 is 0 Å². The predicted octanol–water partition coefficient (Wildman–Crippen LogP) is 4.78. The molecule has 0 amide bonds. The molecular weight excluding hydrogens is 286 g/mol. The van der Waals surface area contributed by atoms with E-state index < -0.39 is 0 Å². The van der Waals surface area contributed by atoms with Crippen LogP contribution in [0.5, 0.6) is 0 Å². The van der Waals surface area contributed by atoms with E-state index in [1.54, 1.807) is 0 Å². The van der Waals surface area contributed by atoms with Crippen molar-refractivity contribution in [2.45, 2.75) is 40.7 Å². The Kier molecular flexibility index (Phi) is 3.63. The summed E-state index contributed by atoms with van der Waals surface area (Å²) in [5.41, 5.74) is 2.30. The Morgan fingerprint density at radius 1 is 1.11 bits per heavy atom. The maximum Gasteiger partial charge on any atom is 0.0291 e. The second kappa shape index (κ2) is 4.64. The summed E-state index contributed by atoms with van der Waals surface area (Å²) in [6.07, 6.45) is 0. The van der Waals surface area contributed by atoms with Crippen molar-refractivity contribution in [1.82, 2.24) is 5.32 Å². The minimum absolute atomic E-state index is 0.422. The fourth-order valence-corrected chi connectivity index (χ4v) is 3.27. The molecule has 18 heavy (non-hydrogen) atoms. The minimum atomic E-state index is 0.422. The van der Waals surface area contributed by atoms with Crippen LogP contribution < -0.4 is 5.32 Å². The molecule has 0 aromatic heterocycles. The standard InChI is InChI=1S/C16H24BrN/c1-11(12-6-8-13(17)9-7-12)18-10-14-15(2,3)16(14,4)5/h6-9,11,14,18H,10H2,1-5H3. The third kappa shape index (κ3) is 2.37. The number of hydrogen-bond acceptors (Lipinski definition) is 1. The van der Waals surface area contributed by atoms with Gasteiger partial charge in [0, 0.05) is 10.5 Å². The highest BCUT2D eigenvalue weighted by Gasteiger charge is 2.63. The first-order valence-corrected chi connectivity index (χ1v) is 7.55. The molecule has 0 aliphatic heterocycles. The molecule has 100 valence electrons. The molecule has 0 spiro atoms. The zero-order valence-corrected chi connectivity index (χ0v) is 13.6. The summed E-state index contributed by atoms with van der Waals surface area (Å²) in [6, 6.07) is 9.01. The zero-order chi connectivity index (χ0) is 13.6. The van der Waals surface area contributed by atoms with Gasteiger partial charge in [0.15, 0.2) is 0 Å². The highest BCUT2D eigenvalue weighted by atomic mass is 79.9. The Bertz CT molecular complexity index is 405. The minimum Gasteiger partial charge on any atom is -0.310 e. The van der Waals surface area contributed by atoms with E-state index in [9.17, 15) is 0 Å². The van der Waals surface area contributed by atoms with E-state index >= 15 is 0 Å². The van der Waals surface area contributed by atoms with Gasteiger partial charge in [0.1, 0.15) is 0 Å². The second-order valence-electron chi connectivity index (χ2n) is 6.68. The summed E-state index contributed by atoms with van der Waals surface area (Å²) in [5.74, 6) is 0.780. The summed E-state index contributed by atoms with van der Waals surface area (Å²) in [5, 5.41) is 3.68. The maximum absolute atomic E-state index is 3.68. The first-order chi connectivity index (χ1) is 8.26. The van der Waals surface area contributed by atoms with Crippen molar-refractivity contribution in [3.05, 3.63) is 34.3 Å². The first kappa shape index (κ1) is 14.1. The van der Waals surface area contributed by atoms with Gasteiger partial charge in [-0.25, -0.2) is 0 Å². The highest BCUT2D eigenvalue weighted by Crippen LogP contribution is 2.68. The molecule has 1 N–H and O–H groups in total. The molecule has 0 saturated heterocycles. The predicted molar refractivity (Wildman–Crippen MR) is 81.6 cm³/mol. The summed E-state index contributed by atoms with van der Waals surface area (Å²) in [4.78, 5) is 0. The summed E-state index contributed by atoms with van der Waals surface area (Å²) < 4.78 is 1.14. The number of hydrogen-bond donors (Lipinski definition) is 1. The van der Waals surface area contributed by atoms with E-state index in [0.29, 0.717) is 16.9 Å². The monoisotopic (exact) mass is 309 g/mol. The third-order valence-corrected chi connectivity index (χ3v) is 5.85. The first-order valence-electron chi connectivity index (χ1n) is 6.75. The van der Waals surface area contributed by atoms with Crippen molar-refractivity contribution in [2.75, 3.05) is 6.54 Å². The van der Waals surface area contributed by atoms with Gasteiger partial charge in [0.2, 0.25) is 0 Å². The largest absolute Gasteiger partial charge is 0.310 e. The summed E-state index contributed by atoms with van der Waals surface area (Å²) in [7, 11) is 0. The fraction of sp³-hybridized carbons (Fsp3) is 0.625. The topological polar surface area (TPSA) is 12.0 Å². The molecule has 2 heteroatoms. The molecule has 1 aromatic rings. The average Bonchev–Trinajstić information content (AvgIpc) is 2.67. The Labute approximate surface area is 119 Å². The third-order valence-electron chi connectivity index (χ3n) is 5.32. The van der Waals surface area contributed by atoms with Crippen molar-refractivity contribution in [2.24, 2.45) is 16.7 Å². The smallest absolute Gasteiger partial charge is 0.0291 e. The molecule has 0 bridgehead atoms. The van der Waals surface area contributed by atoms with Crippen LogP contribution in [0.2, 0.25) is 0 Å². The van der Waals surface area contributed by atoms with Crippen molar-refractivity contribution < 1.29 is 0 Å². The van der Waals surface area contributed by atoms with Crippen LogP contribution in [0.25, 0.3) is 0 Å². The van der Waals surface area contributed by atoms with E-state index in [0.717, 1.165) is 16.9 Å². The highest BCUT2D eigenvalue weighted by molar-refractivity contribution is 9.10. The molecule has 0 radical (unpaired) electrons. The van der Waals surface area contributed by atoms with Gasteiger partial charge < -0.3 is 5.32 Å². The lowest BCUT2D eigenvalue weighted by atomic mass is 10.0. The van der Waals surface area contributed by atoms with E-state index in [1.807, 2.05) is 0 Å². The maximum atomic E-state index is 3.68.